The number of halogens is 1. The SMILES string of the molecule is CN(CC(=O)c1ccccc1Cl)CC1CCOCC1. The fourth-order valence-corrected chi connectivity index (χ4v) is 2.69. The van der Waals surface area contributed by atoms with Crippen LogP contribution in [0.5, 0.6) is 0 Å². The van der Waals surface area contributed by atoms with E-state index in [1.54, 1.807) is 12.1 Å². The minimum Gasteiger partial charge on any atom is -0.381 e. The van der Waals surface area contributed by atoms with E-state index in [-0.39, 0.29) is 5.78 Å². The number of hydrogen-bond donors (Lipinski definition) is 0. The maximum Gasteiger partial charge on any atom is 0.178 e. The quantitative estimate of drug-likeness (QED) is 0.777. The Labute approximate surface area is 119 Å². The molecule has 1 aromatic carbocycles. The van der Waals surface area contributed by atoms with Crippen molar-refractivity contribution in [3.05, 3.63) is 34.9 Å². The molecule has 19 heavy (non-hydrogen) atoms. The van der Waals surface area contributed by atoms with E-state index in [1.807, 2.05) is 19.2 Å². The summed E-state index contributed by atoms with van der Waals surface area (Å²) in [6, 6.07) is 7.22. The lowest BCUT2D eigenvalue weighted by atomic mass is 9.99. The molecule has 1 heterocycles. The van der Waals surface area contributed by atoms with Crippen LogP contribution < -0.4 is 0 Å². The number of rotatable bonds is 5. The van der Waals surface area contributed by atoms with Gasteiger partial charge in [0.2, 0.25) is 0 Å². The first-order chi connectivity index (χ1) is 9.16. The highest BCUT2D eigenvalue weighted by molar-refractivity contribution is 6.34. The maximum atomic E-state index is 12.2. The summed E-state index contributed by atoms with van der Waals surface area (Å²) in [7, 11) is 1.99. The second-order valence-corrected chi connectivity index (χ2v) is 5.56. The number of carbonyl (C=O) groups is 1. The van der Waals surface area contributed by atoms with E-state index < -0.39 is 0 Å². The first kappa shape index (κ1) is 14.5. The predicted octanol–water partition coefficient (Wildman–Crippen LogP) is 2.88. The van der Waals surface area contributed by atoms with Crippen molar-refractivity contribution in [2.24, 2.45) is 5.92 Å². The number of likely N-dealkylation sites (N-methyl/N-ethyl adjacent to an activating group) is 1. The number of nitrogens with zero attached hydrogens (tertiary/aromatic N) is 1. The lowest BCUT2D eigenvalue weighted by Gasteiger charge is -2.26. The molecule has 1 aliphatic rings. The van der Waals surface area contributed by atoms with Gasteiger partial charge in [-0.25, -0.2) is 0 Å². The molecule has 1 fully saturated rings. The van der Waals surface area contributed by atoms with Gasteiger partial charge in [0, 0.05) is 25.3 Å². The number of Topliss-reactive ketones (excluding diaryl/α,β-unsaturated/α-hetero) is 1. The molecular weight excluding hydrogens is 262 g/mol. The summed E-state index contributed by atoms with van der Waals surface area (Å²) in [5, 5.41) is 0.534. The van der Waals surface area contributed by atoms with Gasteiger partial charge in [-0.3, -0.25) is 9.69 Å². The molecule has 0 unspecified atom stereocenters. The highest BCUT2D eigenvalue weighted by Crippen LogP contribution is 2.18. The number of benzene rings is 1. The van der Waals surface area contributed by atoms with Crippen molar-refractivity contribution in [1.29, 1.82) is 0 Å². The van der Waals surface area contributed by atoms with Crippen molar-refractivity contribution in [3.8, 4) is 0 Å². The van der Waals surface area contributed by atoms with Gasteiger partial charge in [0.15, 0.2) is 5.78 Å². The van der Waals surface area contributed by atoms with Crippen LogP contribution >= 0.6 is 11.6 Å². The summed E-state index contributed by atoms with van der Waals surface area (Å²) in [5.74, 6) is 0.720. The van der Waals surface area contributed by atoms with Crippen LogP contribution in [0, 0.1) is 5.92 Å². The third kappa shape index (κ3) is 4.30. The van der Waals surface area contributed by atoms with Crippen molar-refractivity contribution in [2.75, 3.05) is 33.4 Å². The molecule has 1 aliphatic heterocycles. The summed E-state index contributed by atoms with van der Waals surface area (Å²) in [6.45, 7) is 3.05. The normalized spacial score (nSPS) is 16.8. The van der Waals surface area contributed by atoms with Crippen LogP contribution in [0.2, 0.25) is 5.02 Å². The standard InChI is InChI=1S/C15H20ClNO2/c1-17(10-12-6-8-19-9-7-12)11-15(18)13-4-2-3-5-14(13)16/h2-5,12H,6-11H2,1H3. The molecule has 0 radical (unpaired) electrons. The molecule has 3 nitrogen and oxygen atoms in total. The zero-order valence-electron chi connectivity index (χ0n) is 11.3. The van der Waals surface area contributed by atoms with Crippen LogP contribution in [0.1, 0.15) is 23.2 Å². The van der Waals surface area contributed by atoms with E-state index in [9.17, 15) is 4.79 Å². The zero-order chi connectivity index (χ0) is 13.7. The van der Waals surface area contributed by atoms with Crippen molar-refractivity contribution in [3.63, 3.8) is 0 Å². The lowest BCUT2D eigenvalue weighted by Crippen LogP contribution is -2.33. The topological polar surface area (TPSA) is 29.5 Å². The van der Waals surface area contributed by atoms with Crippen LogP contribution in [0.3, 0.4) is 0 Å². The second-order valence-electron chi connectivity index (χ2n) is 5.16. The van der Waals surface area contributed by atoms with Gasteiger partial charge in [-0.1, -0.05) is 23.7 Å². The van der Waals surface area contributed by atoms with E-state index in [0.29, 0.717) is 23.0 Å². The monoisotopic (exact) mass is 281 g/mol. The minimum atomic E-state index is 0.0835. The minimum absolute atomic E-state index is 0.0835. The van der Waals surface area contributed by atoms with Gasteiger partial charge in [-0.2, -0.15) is 0 Å². The first-order valence-electron chi connectivity index (χ1n) is 6.71. The maximum absolute atomic E-state index is 12.2. The van der Waals surface area contributed by atoms with E-state index >= 15 is 0 Å². The molecule has 4 heteroatoms. The largest absolute Gasteiger partial charge is 0.381 e. The molecule has 0 aromatic heterocycles. The summed E-state index contributed by atoms with van der Waals surface area (Å²) in [5.41, 5.74) is 0.614. The molecule has 0 N–H and O–H groups in total. The highest BCUT2D eigenvalue weighted by Gasteiger charge is 2.18. The Hall–Kier alpha value is -0.900. The molecule has 1 saturated heterocycles. The van der Waals surface area contributed by atoms with Crippen molar-refractivity contribution in [1.82, 2.24) is 4.90 Å². The Morgan fingerprint density at radius 3 is 2.74 bits per heavy atom. The Morgan fingerprint density at radius 1 is 1.37 bits per heavy atom. The van der Waals surface area contributed by atoms with Crippen LogP contribution in [-0.4, -0.2) is 44.0 Å². The van der Waals surface area contributed by atoms with Gasteiger partial charge in [-0.05, 0) is 37.9 Å². The van der Waals surface area contributed by atoms with E-state index in [2.05, 4.69) is 4.90 Å². The Morgan fingerprint density at radius 2 is 2.05 bits per heavy atom. The summed E-state index contributed by atoms with van der Waals surface area (Å²) in [6.07, 6.45) is 2.18. The molecular formula is C15H20ClNO2. The first-order valence-corrected chi connectivity index (χ1v) is 7.08. The fraction of sp³-hybridized carbons (Fsp3) is 0.533. The zero-order valence-corrected chi connectivity index (χ0v) is 12.0. The summed E-state index contributed by atoms with van der Waals surface area (Å²) >= 11 is 6.04. The molecule has 0 bridgehead atoms. The highest BCUT2D eigenvalue weighted by atomic mass is 35.5. The van der Waals surface area contributed by atoms with Crippen molar-refractivity contribution < 1.29 is 9.53 Å². The van der Waals surface area contributed by atoms with Gasteiger partial charge in [-0.15, -0.1) is 0 Å². The number of hydrogen-bond acceptors (Lipinski definition) is 3. The molecule has 0 saturated carbocycles. The number of ether oxygens (including phenoxy) is 1. The molecule has 0 atom stereocenters. The second kappa shape index (κ2) is 7.04. The Bertz CT molecular complexity index is 430. The molecule has 104 valence electrons. The Kier molecular flexibility index (Phi) is 5.37. The van der Waals surface area contributed by atoms with Gasteiger partial charge >= 0.3 is 0 Å². The van der Waals surface area contributed by atoms with E-state index in [1.165, 1.54) is 0 Å². The predicted molar refractivity (Wildman–Crippen MR) is 76.8 cm³/mol. The van der Waals surface area contributed by atoms with Crippen molar-refractivity contribution in [2.45, 2.75) is 12.8 Å². The van der Waals surface area contributed by atoms with Crippen LogP contribution in [0.25, 0.3) is 0 Å². The van der Waals surface area contributed by atoms with Gasteiger partial charge in [0.1, 0.15) is 0 Å². The Balaban J connectivity index is 1.86. The number of carbonyl (C=O) groups excluding carboxylic acids is 1. The fourth-order valence-electron chi connectivity index (χ4n) is 2.45. The van der Waals surface area contributed by atoms with Gasteiger partial charge in [0.25, 0.3) is 0 Å². The number of ketones is 1. The van der Waals surface area contributed by atoms with E-state index in [0.717, 1.165) is 32.6 Å². The van der Waals surface area contributed by atoms with Crippen molar-refractivity contribution >= 4 is 17.4 Å². The van der Waals surface area contributed by atoms with Gasteiger partial charge < -0.3 is 4.74 Å². The average Bonchev–Trinajstić information content (AvgIpc) is 2.40. The van der Waals surface area contributed by atoms with Crippen LogP contribution in [0.15, 0.2) is 24.3 Å². The third-order valence-corrected chi connectivity index (χ3v) is 3.83. The van der Waals surface area contributed by atoms with Gasteiger partial charge in [0.05, 0.1) is 11.6 Å². The lowest BCUT2D eigenvalue weighted by molar-refractivity contribution is 0.0549. The average molecular weight is 282 g/mol. The van der Waals surface area contributed by atoms with Crippen LogP contribution in [-0.2, 0) is 4.74 Å². The summed E-state index contributed by atoms with van der Waals surface area (Å²) < 4.78 is 5.34. The van der Waals surface area contributed by atoms with E-state index in [4.69, 9.17) is 16.3 Å². The molecule has 0 aliphatic carbocycles. The molecule has 2 rings (SSSR count). The molecule has 0 spiro atoms. The van der Waals surface area contributed by atoms with Crippen LogP contribution in [0.4, 0.5) is 0 Å². The smallest absolute Gasteiger partial charge is 0.178 e. The molecule has 1 aromatic rings. The molecule has 0 amide bonds. The third-order valence-electron chi connectivity index (χ3n) is 3.50. The summed E-state index contributed by atoms with van der Waals surface area (Å²) in [4.78, 5) is 14.3.